The van der Waals surface area contributed by atoms with Crippen molar-refractivity contribution in [2.24, 2.45) is 0 Å². The fraction of sp³-hybridized carbons (Fsp3) is 0.176. The van der Waals surface area contributed by atoms with Gasteiger partial charge in [-0.25, -0.2) is 0 Å². The van der Waals surface area contributed by atoms with Crippen molar-refractivity contribution in [3.8, 4) is 0 Å². The summed E-state index contributed by atoms with van der Waals surface area (Å²) in [5, 5.41) is 6.33. The van der Waals surface area contributed by atoms with Crippen LogP contribution in [-0.2, 0) is 6.42 Å². The molecule has 0 amide bonds. The maximum atomic E-state index is 10.9. The van der Waals surface area contributed by atoms with E-state index in [4.69, 9.17) is 11.6 Å². The molecule has 1 unspecified atom stereocenters. The number of fused-ring (bicyclic) bond motifs is 2. The van der Waals surface area contributed by atoms with Crippen molar-refractivity contribution in [1.29, 1.82) is 0 Å². The van der Waals surface area contributed by atoms with Gasteiger partial charge in [0.2, 0.25) is 0 Å². The lowest BCUT2D eigenvalue weighted by Crippen LogP contribution is -2.08. The van der Waals surface area contributed by atoms with Gasteiger partial charge in [-0.3, -0.25) is 9.48 Å². The minimum atomic E-state index is 0.247. The molecular formula is C17H13ClN2O. The van der Waals surface area contributed by atoms with Crippen molar-refractivity contribution >= 4 is 28.8 Å². The first-order valence-electron chi connectivity index (χ1n) is 6.97. The van der Waals surface area contributed by atoms with Gasteiger partial charge in [0, 0.05) is 16.0 Å². The Kier molecular flexibility index (Phi) is 2.82. The number of benzene rings is 2. The Bertz CT molecular complexity index is 853. The topological polar surface area (TPSA) is 34.9 Å². The Hall–Kier alpha value is -2.13. The van der Waals surface area contributed by atoms with Gasteiger partial charge < -0.3 is 0 Å². The van der Waals surface area contributed by atoms with Gasteiger partial charge in [-0.1, -0.05) is 17.7 Å². The normalized spacial score (nSPS) is 17.1. The smallest absolute Gasteiger partial charge is 0.150 e. The largest absolute Gasteiger partial charge is 0.298 e. The summed E-state index contributed by atoms with van der Waals surface area (Å²) < 4.78 is 2.06. The van der Waals surface area contributed by atoms with Gasteiger partial charge in [-0.2, -0.15) is 5.10 Å². The van der Waals surface area contributed by atoms with E-state index in [1.54, 1.807) is 0 Å². The summed E-state index contributed by atoms with van der Waals surface area (Å²) in [6.07, 6.45) is 4.75. The van der Waals surface area contributed by atoms with E-state index in [1.807, 2.05) is 36.5 Å². The summed E-state index contributed by atoms with van der Waals surface area (Å²) in [5.41, 5.74) is 4.35. The van der Waals surface area contributed by atoms with Crippen LogP contribution in [0.15, 0.2) is 42.6 Å². The third kappa shape index (κ3) is 1.96. The highest BCUT2D eigenvalue weighted by atomic mass is 35.5. The molecule has 0 fully saturated rings. The predicted octanol–water partition coefficient (Wildman–Crippen LogP) is 4.04. The SMILES string of the molecule is O=Cc1ccc2c(cnn2C2CCc3cc(Cl)ccc32)c1. The van der Waals surface area contributed by atoms with Crippen LogP contribution in [0.5, 0.6) is 0 Å². The highest BCUT2D eigenvalue weighted by Gasteiger charge is 2.25. The Morgan fingerprint density at radius 1 is 1.24 bits per heavy atom. The van der Waals surface area contributed by atoms with Crippen LogP contribution in [-0.4, -0.2) is 16.1 Å². The Balaban J connectivity index is 1.84. The van der Waals surface area contributed by atoms with E-state index in [1.165, 1.54) is 11.1 Å². The summed E-state index contributed by atoms with van der Waals surface area (Å²) >= 11 is 6.07. The zero-order valence-corrected chi connectivity index (χ0v) is 12.0. The molecule has 3 aromatic rings. The number of nitrogens with zero attached hydrogens (tertiary/aromatic N) is 2. The fourth-order valence-corrected chi connectivity index (χ4v) is 3.41. The van der Waals surface area contributed by atoms with Crippen LogP contribution >= 0.6 is 11.6 Å². The van der Waals surface area contributed by atoms with E-state index in [2.05, 4.69) is 15.8 Å². The van der Waals surface area contributed by atoms with E-state index in [-0.39, 0.29) is 6.04 Å². The van der Waals surface area contributed by atoms with Crippen molar-refractivity contribution in [2.45, 2.75) is 18.9 Å². The molecule has 0 N–H and O–H groups in total. The number of aldehydes is 1. The van der Waals surface area contributed by atoms with E-state index in [0.29, 0.717) is 5.56 Å². The zero-order valence-electron chi connectivity index (χ0n) is 11.3. The third-order valence-electron chi connectivity index (χ3n) is 4.20. The van der Waals surface area contributed by atoms with Gasteiger partial charge in [0.05, 0.1) is 17.8 Å². The van der Waals surface area contributed by atoms with Crippen molar-refractivity contribution in [1.82, 2.24) is 9.78 Å². The second-order valence-electron chi connectivity index (χ2n) is 5.42. The number of hydrogen-bond acceptors (Lipinski definition) is 2. The highest BCUT2D eigenvalue weighted by Crippen LogP contribution is 2.37. The van der Waals surface area contributed by atoms with Crippen LogP contribution in [0.25, 0.3) is 10.9 Å². The molecule has 1 aliphatic carbocycles. The van der Waals surface area contributed by atoms with Gasteiger partial charge >= 0.3 is 0 Å². The Morgan fingerprint density at radius 3 is 3.00 bits per heavy atom. The molecule has 21 heavy (non-hydrogen) atoms. The second-order valence-corrected chi connectivity index (χ2v) is 5.86. The first-order chi connectivity index (χ1) is 10.3. The first-order valence-corrected chi connectivity index (χ1v) is 7.35. The minimum Gasteiger partial charge on any atom is -0.298 e. The molecule has 1 aliphatic rings. The number of rotatable bonds is 2. The molecule has 0 bridgehead atoms. The van der Waals surface area contributed by atoms with Gasteiger partial charge in [0.15, 0.2) is 0 Å². The van der Waals surface area contributed by atoms with Crippen molar-refractivity contribution < 1.29 is 4.79 Å². The van der Waals surface area contributed by atoms with E-state index in [9.17, 15) is 4.79 Å². The lowest BCUT2D eigenvalue weighted by atomic mass is 10.1. The van der Waals surface area contributed by atoms with E-state index >= 15 is 0 Å². The maximum absolute atomic E-state index is 10.9. The number of carbonyl (C=O) groups is 1. The van der Waals surface area contributed by atoms with Gasteiger partial charge in [0.25, 0.3) is 0 Å². The summed E-state index contributed by atoms with van der Waals surface area (Å²) in [6.45, 7) is 0. The second kappa shape index (κ2) is 4.71. The van der Waals surface area contributed by atoms with Gasteiger partial charge in [0.1, 0.15) is 6.29 Å². The molecule has 1 heterocycles. The monoisotopic (exact) mass is 296 g/mol. The molecule has 0 aliphatic heterocycles. The van der Waals surface area contributed by atoms with Crippen LogP contribution in [0.2, 0.25) is 5.02 Å². The summed E-state index contributed by atoms with van der Waals surface area (Å²) in [7, 11) is 0. The standard InChI is InChI=1S/C17H13ClN2O/c18-14-3-4-15-12(8-14)2-6-17(15)20-16-5-1-11(10-21)7-13(16)9-19-20/h1,3-5,7-10,17H,2,6H2. The molecule has 4 rings (SSSR count). The molecule has 3 nitrogen and oxygen atoms in total. The number of aromatic nitrogens is 2. The van der Waals surface area contributed by atoms with E-state index < -0.39 is 0 Å². The summed E-state index contributed by atoms with van der Waals surface area (Å²) in [6, 6.07) is 12.0. The summed E-state index contributed by atoms with van der Waals surface area (Å²) in [5.74, 6) is 0. The molecule has 2 aromatic carbocycles. The molecular weight excluding hydrogens is 284 g/mol. The van der Waals surface area contributed by atoms with Crippen LogP contribution in [0, 0.1) is 0 Å². The number of hydrogen-bond donors (Lipinski definition) is 0. The van der Waals surface area contributed by atoms with Crippen LogP contribution in [0.4, 0.5) is 0 Å². The predicted molar refractivity (Wildman–Crippen MR) is 83.0 cm³/mol. The van der Waals surface area contributed by atoms with E-state index in [0.717, 1.165) is 35.1 Å². The molecule has 1 atom stereocenters. The van der Waals surface area contributed by atoms with Crippen LogP contribution in [0.1, 0.15) is 33.9 Å². The quantitative estimate of drug-likeness (QED) is 0.669. The first kappa shape index (κ1) is 12.6. The average molecular weight is 297 g/mol. The van der Waals surface area contributed by atoms with Gasteiger partial charge in [-0.15, -0.1) is 0 Å². The molecule has 1 aromatic heterocycles. The van der Waals surface area contributed by atoms with Gasteiger partial charge in [-0.05, 0) is 54.3 Å². The average Bonchev–Trinajstić information content (AvgIpc) is 3.09. The fourth-order valence-electron chi connectivity index (χ4n) is 3.21. The third-order valence-corrected chi connectivity index (χ3v) is 4.44. The molecule has 104 valence electrons. The molecule has 0 saturated heterocycles. The van der Waals surface area contributed by atoms with Crippen LogP contribution < -0.4 is 0 Å². The van der Waals surface area contributed by atoms with Crippen LogP contribution in [0.3, 0.4) is 0 Å². The Labute approximate surface area is 127 Å². The van der Waals surface area contributed by atoms with Crippen molar-refractivity contribution in [3.05, 3.63) is 64.3 Å². The minimum absolute atomic E-state index is 0.247. The molecule has 4 heteroatoms. The number of halogens is 1. The lowest BCUT2D eigenvalue weighted by Gasteiger charge is -2.14. The van der Waals surface area contributed by atoms with Crippen molar-refractivity contribution in [2.75, 3.05) is 0 Å². The Morgan fingerprint density at radius 2 is 2.14 bits per heavy atom. The maximum Gasteiger partial charge on any atom is 0.150 e. The molecule has 0 radical (unpaired) electrons. The number of carbonyl (C=O) groups excluding carboxylic acids is 1. The van der Waals surface area contributed by atoms with Crippen molar-refractivity contribution in [3.63, 3.8) is 0 Å². The summed E-state index contributed by atoms with van der Waals surface area (Å²) in [4.78, 5) is 10.9. The lowest BCUT2D eigenvalue weighted by molar-refractivity contribution is 0.112. The highest BCUT2D eigenvalue weighted by molar-refractivity contribution is 6.30. The number of aryl methyl sites for hydroxylation is 1. The zero-order chi connectivity index (χ0) is 14.4. The molecule has 0 saturated carbocycles. The molecule has 0 spiro atoms.